The minimum atomic E-state index is -0.415. The van der Waals surface area contributed by atoms with Crippen molar-refractivity contribution in [2.24, 2.45) is 5.92 Å². The second-order valence-corrected chi connectivity index (χ2v) is 4.73. The van der Waals surface area contributed by atoms with Gasteiger partial charge in [0.15, 0.2) is 0 Å². The minimum absolute atomic E-state index is 0.304. The van der Waals surface area contributed by atoms with E-state index < -0.39 is 5.97 Å². The molecule has 1 unspecified atom stereocenters. The Bertz CT molecular complexity index is 382. The standard InChI is InChI=1S/C13H19NO3/c1-9(7-10-3-4-10)14-8-11-5-6-17-12(11)13(15)16-2/h5-6,9-10,14H,3-4,7-8H2,1-2H3. The number of hydrogen-bond donors (Lipinski definition) is 1. The van der Waals surface area contributed by atoms with Crippen molar-refractivity contribution < 1.29 is 13.9 Å². The van der Waals surface area contributed by atoms with Gasteiger partial charge in [0, 0.05) is 18.2 Å². The molecule has 1 fully saturated rings. The molecule has 0 saturated heterocycles. The van der Waals surface area contributed by atoms with E-state index in [0.29, 0.717) is 18.3 Å². The zero-order valence-corrected chi connectivity index (χ0v) is 10.4. The maximum atomic E-state index is 11.4. The fourth-order valence-corrected chi connectivity index (χ4v) is 1.97. The maximum absolute atomic E-state index is 11.4. The third-order valence-corrected chi connectivity index (χ3v) is 3.14. The predicted octanol–water partition coefficient (Wildman–Crippen LogP) is 2.34. The van der Waals surface area contributed by atoms with Crippen molar-refractivity contribution in [1.82, 2.24) is 5.32 Å². The van der Waals surface area contributed by atoms with Crippen LogP contribution in [0.4, 0.5) is 0 Å². The first-order valence-electron chi connectivity index (χ1n) is 6.08. The van der Waals surface area contributed by atoms with Gasteiger partial charge < -0.3 is 14.5 Å². The number of ether oxygens (including phenoxy) is 1. The van der Waals surface area contributed by atoms with E-state index in [0.717, 1.165) is 11.5 Å². The van der Waals surface area contributed by atoms with Gasteiger partial charge in [0.25, 0.3) is 0 Å². The van der Waals surface area contributed by atoms with Crippen LogP contribution in [0.5, 0.6) is 0 Å². The lowest BCUT2D eigenvalue weighted by molar-refractivity contribution is 0.0563. The molecule has 1 N–H and O–H groups in total. The number of hydrogen-bond acceptors (Lipinski definition) is 4. The van der Waals surface area contributed by atoms with E-state index in [1.165, 1.54) is 32.6 Å². The zero-order valence-electron chi connectivity index (χ0n) is 10.4. The van der Waals surface area contributed by atoms with Crippen LogP contribution in [0.2, 0.25) is 0 Å². The molecule has 1 atom stereocenters. The average Bonchev–Trinajstić information content (AvgIpc) is 3.00. The molecule has 94 valence electrons. The van der Waals surface area contributed by atoms with Crippen LogP contribution in [-0.4, -0.2) is 19.1 Å². The Labute approximate surface area is 101 Å². The highest BCUT2D eigenvalue weighted by atomic mass is 16.5. The number of rotatable bonds is 6. The molecule has 1 saturated carbocycles. The molecule has 2 rings (SSSR count). The monoisotopic (exact) mass is 237 g/mol. The Morgan fingerprint density at radius 2 is 2.41 bits per heavy atom. The normalized spacial score (nSPS) is 16.8. The molecule has 0 aromatic carbocycles. The number of nitrogens with one attached hydrogen (secondary N) is 1. The largest absolute Gasteiger partial charge is 0.463 e. The summed E-state index contributed by atoms with van der Waals surface area (Å²) in [6, 6.07) is 2.28. The average molecular weight is 237 g/mol. The van der Waals surface area contributed by atoms with Gasteiger partial charge >= 0.3 is 5.97 Å². The quantitative estimate of drug-likeness (QED) is 0.772. The van der Waals surface area contributed by atoms with Crippen molar-refractivity contribution in [3.63, 3.8) is 0 Å². The van der Waals surface area contributed by atoms with Crippen LogP contribution < -0.4 is 5.32 Å². The Morgan fingerprint density at radius 3 is 3.06 bits per heavy atom. The van der Waals surface area contributed by atoms with E-state index in [9.17, 15) is 4.79 Å². The predicted molar refractivity (Wildman–Crippen MR) is 63.7 cm³/mol. The van der Waals surface area contributed by atoms with Crippen LogP contribution in [0.25, 0.3) is 0 Å². The SMILES string of the molecule is COC(=O)c1occc1CNC(C)CC1CC1. The lowest BCUT2D eigenvalue weighted by atomic mass is 10.1. The number of carbonyl (C=O) groups is 1. The van der Waals surface area contributed by atoms with Gasteiger partial charge in [-0.1, -0.05) is 12.8 Å². The molecular formula is C13H19NO3. The van der Waals surface area contributed by atoms with Crippen molar-refractivity contribution >= 4 is 5.97 Å². The van der Waals surface area contributed by atoms with Gasteiger partial charge in [0.2, 0.25) is 5.76 Å². The number of methoxy groups -OCH3 is 1. The highest BCUT2D eigenvalue weighted by Gasteiger charge is 2.23. The second-order valence-electron chi connectivity index (χ2n) is 4.73. The number of esters is 1. The van der Waals surface area contributed by atoms with Crippen molar-refractivity contribution in [3.8, 4) is 0 Å². The van der Waals surface area contributed by atoms with Crippen LogP contribution in [-0.2, 0) is 11.3 Å². The second kappa shape index (κ2) is 5.36. The lowest BCUT2D eigenvalue weighted by Gasteiger charge is -2.12. The van der Waals surface area contributed by atoms with E-state index in [4.69, 9.17) is 4.42 Å². The first-order chi connectivity index (χ1) is 8.20. The Hall–Kier alpha value is -1.29. The molecule has 1 heterocycles. The van der Waals surface area contributed by atoms with Gasteiger partial charge in [-0.3, -0.25) is 0 Å². The molecule has 1 aromatic heterocycles. The fourth-order valence-electron chi connectivity index (χ4n) is 1.97. The summed E-state index contributed by atoms with van der Waals surface area (Å²) in [6.07, 6.45) is 5.47. The molecule has 0 spiro atoms. The van der Waals surface area contributed by atoms with E-state index in [1.54, 1.807) is 0 Å². The Kier molecular flexibility index (Phi) is 3.84. The third kappa shape index (κ3) is 3.33. The summed E-state index contributed by atoms with van der Waals surface area (Å²) in [4.78, 5) is 11.4. The molecule has 0 aliphatic heterocycles. The molecule has 1 aliphatic rings. The summed E-state index contributed by atoms with van der Waals surface area (Å²) in [6.45, 7) is 2.82. The van der Waals surface area contributed by atoms with Crippen LogP contribution in [0.1, 0.15) is 42.3 Å². The zero-order chi connectivity index (χ0) is 12.3. The molecule has 0 radical (unpaired) electrons. The first kappa shape index (κ1) is 12.2. The summed E-state index contributed by atoms with van der Waals surface area (Å²) in [5, 5.41) is 3.41. The highest BCUT2D eigenvalue weighted by Crippen LogP contribution is 2.33. The molecular weight excluding hydrogens is 218 g/mol. The minimum Gasteiger partial charge on any atom is -0.463 e. The maximum Gasteiger partial charge on any atom is 0.374 e. The van der Waals surface area contributed by atoms with Gasteiger partial charge in [-0.05, 0) is 25.3 Å². The molecule has 0 amide bonds. The van der Waals surface area contributed by atoms with E-state index >= 15 is 0 Å². The van der Waals surface area contributed by atoms with Crippen molar-refractivity contribution in [3.05, 3.63) is 23.7 Å². The van der Waals surface area contributed by atoms with E-state index in [2.05, 4.69) is 17.0 Å². The van der Waals surface area contributed by atoms with Gasteiger partial charge in [-0.25, -0.2) is 4.79 Å². The fraction of sp³-hybridized carbons (Fsp3) is 0.615. The lowest BCUT2D eigenvalue weighted by Crippen LogP contribution is -2.26. The topological polar surface area (TPSA) is 51.5 Å². The van der Waals surface area contributed by atoms with Crippen LogP contribution >= 0.6 is 0 Å². The van der Waals surface area contributed by atoms with Crippen LogP contribution in [0.3, 0.4) is 0 Å². The molecule has 0 bridgehead atoms. The smallest absolute Gasteiger partial charge is 0.374 e. The third-order valence-electron chi connectivity index (χ3n) is 3.14. The summed E-state index contributed by atoms with van der Waals surface area (Å²) in [7, 11) is 1.36. The van der Waals surface area contributed by atoms with Gasteiger partial charge in [0.1, 0.15) is 0 Å². The molecule has 17 heavy (non-hydrogen) atoms. The molecule has 4 heteroatoms. The summed E-state index contributed by atoms with van der Waals surface area (Å²) < 4.78 is 9.78. The Morgan fingerprint density at radius 1 is 1.65 bits per heavy atom. The number of furan rings is 1. The molecule has 1 aromatic rings. The van der Waals surface area contributed by atoms with Crippen LogP contribution in [0, 0.1) is 5.92 Å². The molecule has 1 aliphatic carbocycles. The van der Waals surface area contributed by atoms with Gasteiger partial charge in [-0.15, -0.1) is 0 Å². The van der Waals surface area contributed by atoms with E-state index in [1.807, 2.05) is 6.07 Å². The summed E-state index contributed by atoms with van der Waals surface area (Å²) in [5.41, 5.74) is 0.861. The van der Waals surface area contributed by atoms with Crippen molar-refractivity contribution in [2.45, 2.75) is 38.8 Å². The summed E-state index contributed by atoms with van der Waals surface area (Å²) >= 11 is 0. The van der Waals surface area contributed by atoms with Crippen molar-refractivity contribution in [2.75, 3.05) is 7.11 Å². The van der Waals surface area contributed by atoms with Gasteiger partial charge in [0.05, 0.1) is 13.4 Å². The van der Waals surface area contributed by atoms with E-state index in [-0.39, 0.29) is 0 Å². The first-order valence-corrected chi connectivity index (χ1v) is 6.08. The van der Waals surface area contributed by atoms with Gasteiger partial charge in [-0.2, -0.15) is 0 Å². The Balaban J connectivity index is 1.85. The highest BCUT2D eigenvalue weighted by molar-refractivity contribution is 5.87. The summed E-state index contributed by atoms with van der Waals surface area (Å²) in [5.74, 6) is 0.794. The molecule has 4 nitrogen and oxygen atoms in total. The van der Waals surface area contributed by atoms with Crippen LogP contribution in [0.15, 0.2) is 16.7 Å². The number of carbonyl (C=O) groups excluding carboxylic acids is 1. The van der Waals surface area contributed by atoms with Crippen molar-refractivity contribution in [1.29, 1.82) is 0 Å².